The van der Waals surface area contributed by atoms with E-state index >= 15 is 0 Å². The second kappa shape index (κ2) is 43.3. The van der Waals surface area contributed by atoms with Gasteiger partial charge in [0.05, 0.1) is 20.2 Å². The fourth-order valence-electron chi connectivity index (χ4n) is 6.69. The fourth-order valence-corrected chi connectivity index (χ4v) is 8.23. The van der Waals surface area contributed by atoms with Crippen molar-refractivity contribution in [3.8, 4) is 34.5 Å². The van der Waals surface area contributed by atoms with Crippen molar-refractivity contribution in [1.29, 1.82) is 0 Å². The Balaban J connectivity index is -0.000000883. The molecule has 0 amide bonds. The van der Waals surface area contributed by atoms with Gasteiger partial charge in [-0.3, -0.25) is 5.04 Å². The monoisotopic (exact) mass is 1010 g/mol. The van der Waals surface area contributed by atoms with Crippen LogP contribution in [0.25, 0.3) is 0 Å². The molecule has 360 valence electrons. The standard InChI is InChI=1S/C16H26O5S.C15H24O5S.C14H22O5S.3Na/c17-15-10-11-16(18)14(13-15)9-7-5-3-1-2-4-6-8-12-22(19,20)21;16-14-9-10-15(17)13(12-14)8-6-4-2-1-3-5-7-11-21-20-19-18;15-13-8-9-14(16)12(11-13)7-5-3-1-2-4-6-10-20(17,18)19;;;/h10-11,13,17-18H,1-9,12H2,(H,19,20,21);9-10,12,16-18H,1-8,11H2;8-9,11,15-16H,1-7,10H2,(H,17,18,19);;;/q;;;3*+1/p-3. The summed E-state index contributed by atoms with van der Waals surface area (Å²) in [5.41, 5.74) is 2.33. The van der Waals surface area contributed by atoms with Gasteiger partial charge in [-0.15, -0.1) is 0 Å². The number of rotatable bonds is 32. The van der Waals surface area contributed by atoms with Crippen molar-refractivity contribution in [3.63, 3.8) is 0 Å². The number of phenols is 6. The first-order valence-corrected chi connectivity index (χ1v) is 26.0. The predicted molar refractivity (Wildman–Crippen MR) is 241 cm³/mol. The number of aryl methyl sites for hydroxylation is 3. The van der Waals surface area contributed by atoms with E-state index in [4.69, 9.17) is 0 Å². The molecule has 0 bridgehead atoms. The first-order valence-electron chi connectivity index (χ1n) is 22.0. The Bertz CT molecular complexity index is 1880. The number of benzene rings is 3. The molecule has 0 aliphatic carbocycles. The van der Waals surface area contributed by atoms with E-state index in [-0.39, 0.29) is 135 Å². The van der Waals surface area contributed by atoms with Gasteiger partial charge < -0.3 is 45.0 Å². The van der Waals surface area contributed by atoms with Crippen molar-refractivity contribution in [2.24, 2.45) is 0 Å². The van der Waals surface area contributed by atoms with Crippen molar-refractivity contribution in [3.05, 3.63) is 71.3 Å². The van der Waals surface area contributed by atoms with E-state index in [0.717, 1.165) is 150 Å². The quantitative estimate of drug-likeness (QED) is 0.00920. The van der Waals surface area contributed by atoms with Crippen LogP contribution in [0, 0.1) is 0 Å². The van der Waals surface area contributed by atoms with Gasteiger partial charge in [-0.2, -0.15) is 4.33 Å². The van der Waals surface area contributed by atoms with Crippen LogP contribution in [0.3, 0.4) is 0 Å². The maximum atomic E-state index is 10.4. The average Bonchev–Trinajstić information content (AvgIpc) is 3.22. The largest absolute Gasteiger partial charge is 1.00 e. The number of aromatic hydroxyl groups is 6. The average molecular weight is 1020 g/mol. The second-order valence-corrected chi connectivity index (χ2v) is 19.4. The van der Waals surface area contributed by atoms with E-state index in [9.17, 15) is 61.8 Å². The van der Waals surface area contributed by atoms with Crippen molar-refractivity contribution in [2.75, 3.05) is 17.3 Å². The molecule has 0 radical (unpaired) electrons. The molecule has 3 aromatic carbocycles. The van der Waals surface area contributed by atoms with E-state index in [1.54, 1.807) is 18.2 Å². The van der Waals surface area contributed by atoms with Gasteiger partial charge in [0.15, 0.2) is 0 Å². The van der Waals surface area contributed by atoms with Crippen molar-refractivity contribution < 1.29 is 160 Å². The van der Waals surface area contributed by atoms with Crippen LogP contribution >= 0.6 is 12.0 Å². The Kier molecular flexibility index (Phi) is 45.8. The zero-order valence-electron chi connectivity index (χ0n) is 39.4. The summed E-state index contributed by atoms with van der Waals surface area (Å²) in [6, 6.07) is 13.7. The summed E-state index contributed by atoms with van der Waals surface area (Å²) in [6.07, 6.45) is 22.5. The Morgan fingerprint density at radius 2 is 0.667 bits per heavy atom. The molecule has 0 saturated carbocycles. The van der Waals surface area contributed by atoms with Crippen LogP contribution in [0.15, 0.2) is 54.6 Å². The third-order valence-electron chi connectivity index (χ3n) is 10.1. The number of unbranched alkanes of at least 4 members (excludes halogenated alkanes) is 18. The van der Waals surface area contributed by atoms with Gasteiger partial charge in [-0.05, 0) is 129 Å². The first kappa shape index (κ1) is 69.8. The van der Waals surface area contributed by atoms with Crippen LogP contribution in [0.2, 0.25) is 0 Å². The molecule has 0 atom stereocenters. The van der Waals surface area contributed by atoms with Gasteiger partial charge in [0.25, 0.3) is 0 Å². The molecule has 0 fully saturated rings. The summed E-state index contributed by atoms with van der Waals surface area (Å²) in [7, 11) is -8.12. The zero-order chi connectivity index (χ0) is 46.8. The molecule has 6 N–H and O–H groups in total. The van der Waals surface area contributed by atoms with Crippen LogP contribution < -0.4 is 93.9 Å². The van der Waals surface area contributed by atoms with E-state index in [2.05, 4.69) is 9.37 Å². The van der Waals surface area contributed by atoms with Gasteiger partial charge >= 0.3 is 88.7 Å². The molecule has 21 heteroatoms. The normalized spacial score (nSPS) is 10.9. The van der Waals surface area contributed by atoms with Gasteiger partial charge in [0.2, 0.25) is 0 Å². The predicted octanol–water partition coefficient (Wildman–Crippen LogP) is 0.0871. The molecule has 0 saturated heterocycles. The first-order chi connectivity index (χ1) is 30.0. The summed E-state index contributed by atoms with van der Waals surface area (Å²) < 4.78 is 66.6. The summed E-state index contributed by atoms with van der Waals surface area (Å²) in [6.45, 7) is 0. The Morgan fingerprint density at radius 1 is 0.409 bits per heavy atom. The van der Waals surface area contributed by atoms with Gasteiger partial charge in [-0.1, -0.05) is 96.3 Å². The minimum absolute atomic E-state index is 0. The Morgan fingerprint density at radius 3 is 0.939 bits per heavy atom. The Labute approximate surface area is 464 Å². The van der Waals surface area contributed by atoms with E-state index < -0.39 is 20.2 Å². The van der Waals surface area contributed by atoms with Crippen LogP contribution in [-0.4, -0.2) is 73.8 Å². The molecule has 0 aromatic heterocycles. The molecule has 0 aliphatic rings. The topological polar surface area (TPSA) is 277 Å². The molecule has 66 heavy (non-hydrogen) atoms. The number of phenolic OH excluding ortho intramolecular Hbond substituents is 6. The maximum absolute atomic E-state index is 10.4. The van der Waals surface area contributed by atoms with E-state index in [0.29, 0.717) is 19.3 Å². The number of hydrogen-bond donors (Lipinski definition) is 6. The minimum Gasteiger partial charge on any atom is -0.748 e. The third-order valence-corrected chi connectivity index (χ3v) is 12.3. The minimum atomic E-state index is -4.07. The van der Waals surface area contributed by atoms with Crippen LogP contribution in [0.4, 0.5) is 0 Å². The molecule has 0 unspecified atom stereocenters. The van der Waals surface area contributed by atoms with E-state index in [1.807, 2.05) is 0 Å². The van der Waals surface area contributed by atoms with Gasteiger partial charge in [0.1, 0.15) is 34.5 Å². The zero-order valence-corrected chi connectivity index (χ0v) is 47.8. The summed E-state index contributed by atoms with van der Waals surface area (Å²) in [4.78, 5) is 0. The molecule has 0 spiro atoms. The van der Waals surface area contributed by atoms with Crippen molar-refractivity contribution in [2.45, 2.75) is 154 Å². The van der Waals surface area contributed by atoms with E-state index in [1.165, 1.54) is 55.7 Å². The summed E-state index contributed by atoms with van der Waals surface area (Å²) in [5, 5.41) is 69.7. The molecule has 3 aromatic rings. The van der Waals surface area contributed by atoms with Crippen LogP contribution in [0.1, 0.15) is 152 Å². The number of hydrogen-bond acceptors (Lipinski definition) is 16. The summed E-state index contributed by atoms with van der Waals surface area (Å²) >= 11 is 1.05. The second-order valence-electron chi connectivity index (χ2n) is 15.6. The molecular formula is C45H69Na3O15S3. The summed E-state index contributed by atoms with van der Waals surface area (Å²) in [5.74, 6) is 1.46. The molecular weight excluding hydrogens is 946 g/mol. The molecule has 0 aliphatic heterocycles. The van der Waals surface area contributed by atoms with Crippen molar-refractivity contribution in [1.82, 2.24) is 0 Å². The smallest absolute Gasteiger partial charge is 0.748 e. The Hall–Kier alpha value is -0.490. The third kappa shape index (κ3) is 41.3. The van der Waals surface area contributed by atoms with Gasteiger partial charge in [0, 0.05) is 29.3 Å². The molecule has 0 heterocycles. The fraction of sp³-hybridized carbons (Fsp3) is 0.600. The molecule has 15 nitrogen and oxygen atoms in total. The van der Waals surface area contributed by atoms with Crippen molar-refractivity contribution >= 4 is 32.3 Å². The van der Waals surface area contributed by atoms with Crippen LogP contribution in [0.5, 0.6) is 34.5 Å². The SMILES string of the molecule is O=S(=O)([O-])CCCCCCCCCCc1cc(O)ccc1O.O=S(=O)([O-])CCCCCCCCc1cc(O)ccc1O.[Na+].[Na+].[Na+].[O-]OOSCCCCCCCCCc1cc(O)ccc1O. The maximum Gasteiger partial charge on any atom is 1.00 e. The van der Waals surface area contributed by atoms with Gasteiger partial charge in [-0.25, -0.2) is 16.8 Å². The molecule has 3 rings (SSSR count). The van der Waals surface area contributed by atoms with Crippen LogP contribution in [-0.2, 0) is 48.9 Å².